The van der Waals surface area contributed by atoms with Crippen molar-refractivity contribution in [2.75, 3.05) is 4.90 Å². The average molecular weight is 774 g/mol. The maximum atomic E-state index is 2.50. The van der Waals surface area contributed by atoms with Gasteiger partial charge >= 0.3 is 0 Å². The number of benzene rings is 10. The van der Waals surface area contributed by atoms with Crippen molar-refractivity contribution < 1.29 is 0 Å². The fraction of sp³-hybridized carbons (Fsp3) is 0.0333. The number of hydrogen-bond acceptors (Lipinski definition) is 1. The lowest BCUT2D eigenvalue weighted by atomic mass is 9.52. The van der Waals surface area contributed by atoms with Gasteiger partial charge in [-0.15, -0.1) is 0 Å². The Labute approximate surface area is 356 Å². The number of rotatable bonds is 4. The Bertz CT molecular complexity index is 3280. The summed E-state index contributed by atoms with van der Waals surface area (Å²) in [4.78, 5) is 2.42. The summed E-state index contributed by atoms with van der Waals surface area (Å²) in [5.74, 6) is 0. The zero-order valence-corrected chi connectivity index (χ0v) is 33.5. The van der Waals surface area contributed by atoms with Crippen molar-refractivity contribution in [3.8, 4) is 33.4 Å². The van der Waals surface area contributed by atoms with Crippen LogP contribution in [0.15, 0.2) is 237 Å². The molecule has 0 unspecified atom stereocenters. The molecule has 61 heavy (non-hydrogen) atoms. The van der Waals surface area contributed by atoms with Gasteiger partial charge in [0.25, 0.3) is 0 Å². The molecule has 0 radical (unpaired) electrons. The summed E-state index contributed by atoms with van der Waals surface area (Å²) in [5, 5.41) is 2.51. The highest BCUT2D eigenvalue weighted by Crippen LogP contribution is 2.67. The van der Waals surface area contributed by atoms with Crippen LogP contribution < -0.4 is 4.90 Å². The standard InChI is InChI=1S/C60H39N/c1-2-18-44(19-3-1)61(45-34-32-41(33-35-45)43-31-30-40-16-4-5-17-42(40)38-43)46-36-37-50-49-22-8-11-25-53(49)60(58(50)39-46)56-28-14-12-26-54(56)59(55-27-13-15-29-57(55)60)51-23-9-6-20-47(51)48-21-7-10-24-52(48)59/h1-39H. The van der Waals surface area contributed by atoms with E-state index in [1.165, 1.54) is 88.7 Å². The fourth-order valence-electron chi connectivity index (χ4n) is 11.6. The SMILES string of the molecule is c1ccc(N(c2ccc(-c3ccc4ccccc4c3)cc2)c2ccc3c(c2)C2(c4ccccc4-3)c3ccccc3C3(c4ccccc4-c4ccccc43)c3ccccc32)cc1. The molecule has 0 aromatic heterocycles. The van der Waals surface area contributed by atoms with E-state index < -0.39 is 10.8 Å². The third kappa shape index (κ3) is 4.55. The highest BCUT2D eigenvalue weighted by Gasteiger charge is 2.58. The molecule has 0 N–H and O–H groups in total. The maximum Gasteiger partial charge on any atom is 0.0720 e. The summed E-state index contributed by atoms with van der Waals surface area (Å²) in [7, 11) is 0. The molecule has 3 aliphatic rings. The molecular weight excluding hydrogens is 735 g/mol. The van der Waals surface area contributed by atoms with Crippen LogP contribution >= 0.6 is 0 Å². The Kier molecular flexibility index (Phi) is 7.21. The summed E-state index contributed by atoms with van der Waals surface area (Å²) in [6.07, 6.45) is 0. The lowest BCUT2D eigenvalue weighted by Gasteiger charge is -2.49. The van der Waals surface area contributed by atoms with Crippen LogP contribution in [0.2, 0.25) is 0 Å². The molecule has 1 heteroatoms. The van der Waals surface area contributed by atoms with E-state index in [1.54, 1.807) is 0 Å². The number of nitrogens with zero attached hydrogens (tertiary/aromatic N) is 1. The second-order valence-corrected chi connectivity index (χ2v) is 16.7. The number of anilines is 3. The minimum atomic E-state index is -0.560. The van der Waals surface area contributed by atoms with Gasteiger partial charge in [0.15, 0.2) is 0 Å². The van der Waals surface area contributed by atoms with Crippen molar-refractivity contribution in [3.05, 3.63) is 281 Å². The van der Waals surface area contributed by atoms with Crippen molar-refractivity contribution in [1.29, 1.82) is 0 Å². The summed E-state index contributed by atoms with van der Waals surface area (Å²) in [6, 6.07) is 88.5. The number of para-hydroxylation sites is 1. The van der Waals surface area contributed by atoms with Gasteiger partial charge < -0.3 is 4.90 Å². The van der Waals surface area contributed by atoms with Crippen molar-refractivity contribution in [3.63, 3.8) is 0 Å². The molecule has 13 rings (SSSR count). The minimum Gasteiger partial charge on any atom is -0.310 e. The van der Waals surface area contributed by atoms with Gasteiger partial charge in [0.2, 0.25) is 0 Å². The molecule has 3 aliphatic carbocycles. The zero-order chi connectivity index (χ0) is 40.1. The molecule has 0 aliphatic heterocycles. The predicted octanol–water partition coefficient (Wildman–Crippen LogP) is 15.0. The van der Waals surface area contributed by atoms with E-state index in [9.17, 15) is 0 Å². The van der Waals surface area contributed by atoms with E-state index in [0.717, 1.165) is 17.1 Å². The van der Waals surface area contributed by atoms with Crippen LogP contribution in [0.4, 0.5) is 17.1 Å². The van der Waals surface area contributed by atoms with E-state index in [4.69, 9.17) is 0 Å². The average Bonchev–Trinajstić information content (AvgIpc) is 3.79. The maximum absolute atomic E-state index is 2.50. The lowest BCUT2D eigenvalue weighted by molar-refractivity contribution is 0.633. The van der Waals surface area contributed by atoms with Crippen LogP contribution in [0.3, 0.4) is 0 Å². The zero-order valence-electron chi connectivity index (χ0n) is 33.5. The van der Waals surface area contributed by atoms with Crippen molar-refractivity contribution in [2.24, 2.45) is 0 Å². The molecule has 0 heterocycles. The third-order valence-corrected chi connectivity index (χ3v) is 13.9. The smallest absolute Gasteiger partial charge is 0.0720 e. The van der Waals surface area contributed by atoms with Crippen LogP contribution in [0.25, 0.3) is 44.2 Å². The molecule has 2 spiro atoms. The molecule has 10 aromatic carbocycles. The van der Waals surface area contributed by atoms with Gasteiger partial charge in [-0.1, -0.05) is 194 Å². The molecule has 0 saturated carbocycles. The number of hydrogen-bond donors (Lipinski definition) is 0. The molecule has 1 nitrogen and oxygen atoms in total. The first-order valence-electron chi connectivity index (χ1n) is 21.3. The molecule has 284 valence electrons. The van der Waals surface area contributed by atoms with Crippen LogP contribution in [-0.2, 0) is 10.8 Å². The molecular formula is C60H39N. The fourth-order valence-corrected chi connectivity index (χ4v) is 11.6. The Morgan fingerprint density at radius 3 is 1.18 bits per heavy atom. The van der Waals surface area contributed by atoms with Crippen molar-refractivity contribution in [1.82, 2.24) is 0 Å². The molecule has 0 saturated heterocycles. The van der Waals surface area contributed by atoms with Gasteiger partial charge in [0.1, 0.15) is 0 Å². The Balaban J connectivity index is 1.05. The normalized spacial score (nSPS) is 14.2. The van der Waals surface area contributed by atoms with Crippen LogP contribution in [0.5, 0.6) is 0 Å². The monoisotopic (exact) mass is 773 g/mol. The summed E-state index contributed by atoms with van der Waals surface area (Å²) in [6.45, 7) is 0. The first-order chi connectivity index (χ1) is 30.3. The van der Waals surface area contributed by atoms with Crippen LogP contribution in [0.1, 0.15) is 44.5 Å². The topological polar surface area (TPSA) is 3.24 Å². The van der Waals surface area contributed by atoms with Crippen LogP contribution in [-0.4, -0.2) is 0 Å². The second-order valence-electron chi connectivity index (χ2n) is 16.7. The van der Waals surface area contributed by atoms with Gasteiger partial charge in [-0.2, -0.15) is 0 Å². The Morgan fingerprint density at radius 1 is 0.230 bits per heavy atom. The van der Waals surface area contributed by atoms with E-state index in [1.807, 2.05) is 0 Å². The summed E-state index contributed by atoms with van der Waals surface area (Å²) in [5.41, 5.74) is 20.7. The van der Waals surface area contributed by atoms with E-state index in [-0.39, 0.29) is 0 Å². The van der Waals surface area contributed by atoms with E-state index >= 15 is 0 Å². The van der Waals surface area contributed by atoms with Gasteiger partial charge in [-0.05, 0) is 131 Å². The minimum absolute atomic E-state index is 0.468. The lowest BCUT2D eigenvalue weighted by Crippen LogP contribution is -2.43. The Hall–Kier alpha value is -7.74. The molecule has 0 atom stereocenters. The van der Waals surface area contributed by atoms with Gasteiger partial charge in [-0.3, -0.25) is 0 Å². The predicted molar refractivity (Wildman–Crippen MR) is 252 cm³/mol. The van der Waals surface area contributed by atoms with E-state index in [0.29, 0.717) is 0 Å². The van der Waals surface area contributed by atoms with Crippen molar-refractivity contribution in [2.45, 2.75) is 10.8 Å². The van der Waals surface area contributed by atoms with Gasteiger partial charge in [0.05, 0.1) is 10.8 Å². The molecule has 0 amide bonds. The summed E-state index contributed by atoms with van der Waals surface area (Å²) < 4.78 is 0. The van der Waals surface area contributed by atoms with Gasteiger partial charge in [-0.25, -0.2) is 0 Å². The highest BCUT2D eigenvalue weighted by molar-refractivity contribution is 5.95. The first kappa shape index (κ1) is 34.2. The van der Waals surface area contributed by atoms with Crippen molar-refractivity contribution >= 4 is 27.8 Å². The molecule has 0 bridgehead atoms. The second kappa shape index (κ2) is 12.9. The molecule has 10 aromatic rings. The summed E-state index contributed by atoms with van der Waals surface area (Å²) >= 11 is 0. The highest BCUT2D eigenvalue weighted by atomic mass is 15.1. The first-order valence-corrected chi connectivity index (χ1v) is 21.3. The third-order valence-electron chi connectivity index (χ3n) is 13.9. The quantitative estimate of drug-likeness (QED) is 0.172. The largest absolute Gasteiger partial charge is 0.310 e. The molecule has 0 fully saturated rings. The Morgan fingerprint density at radius 2 is 0.623 bits per heavy atom. The number of fused-ring (bicyclic) bond motifs is 17. The van der Waals surface area contributed by atoms with E-state index in [2.05, 4.69) is 241 Å². The van der Waals surface area contributed by atoms with Crippen LogP contribution in [0, 0.1) is 0 Å². The van der Waals surface area contributed by atoms with Gasteiger partial charge in [0, 0.05) is 17.1 Å².